The van der Waals surface area contributed by atoms with E-state index in [0.717, 1.165) is 43.3 Å². The van der Waals surface area contributed by atoms with Gasteiger partial charge in [-0.2, -0.15) is 0 Å². The molecule has 2 aromatic rings. The Morgan fingerprint density at radius 2 is 1.95 bits per heavy atom. The van der Waals surface area contributed by atoms with Crippen LogP contribution in [-0.4, -0.2) is 36.3 Å². The molecule has 5 nitrogen and oxygen atoms in total. The Balaban J connectivity index is 0.00000110. The van der Waals surface area contributed by atoms with E-state index in [0.29, 0.717) is 10.8 Å². The van der Waals surface area contributed by atoms with Gasteiger partial charge in [0.2, 0.25) is 0 Å². The van der Waals surface area contributed by atoms with E-state index in [4.69, 9.17) is 16.1 Å². The Kier molecular flexibility index (Phi) is 6.74. The van der Waals surface area contributed by atoms with Gasteiger partial charge in [0.05, 0.1) is 10.7 Å². The summed E-state index contributed by atoms with van der Waals surface area (Å²) < 4.78 is 5.22. The molecule has 1 aliphatic rings. The molecule has 0 spiro atoms. The molecular formula is C13H17Cl3N4O. The highest BCUT2D eigenvalue weighted by atomic mass is 35.5. The molecule has 1 saturated heterocycles. The van der Waals surface area contributed by atoms with Gasteiger partial charge in [-0.1, -0.05) is 16.8 Å². The molecule has 8 heteroatoms. The molecule has 0 aromatic carbocycles. The van der Waals surface area contributed by atoms with Crippen molar-refractivity contribution in [2.45, 2.75) is 6.92 Å². The second-order valence-corrected chi connectivity index (χ2v) is 5.01. The van der Waals surface area contributed by atoms with Crippen LogP contribution in [-0.2, 0) is 0 Å². The Morgan fingerprint density at radius 1 is 1.24 bits per heavy atom. The Hall–Kier alpha value is -1.01. The Morgan fingerprint density at radius 3 is 2.52 bits per heavy atom. The van der Waals surface area contributed by atoms with Crippen molar-refractivity contribution in [3.8, 4) is 11.3 Å². The third-order valence-electron chi connectivity index (χ3n) is 3.15. The first-order valence-electron chi connectivity index (χ1n) is 6.29. The predicted molar refractivity (Wildman–Crippen MR) is 89.1 cm³/mol. The molecule has 0 bridgehead atoms. The molecule has 0 atom stereocenters. The monoisotopic (exact) mass is 350 g/mol. The van der Waals surface area contributed by atoms with Crippen LogP contribution in [0, 0.1) is 6.92 Å². The fourth-order valence-corrected chi connectivity index (χ4v) is 2.46. The summed E-state index contributed by atoms with van der Waals surface area (Å²) in [4.78, 5) is 6.65. The number of anilines is 1. The largest absolute Gasteiger partial charge is 0.356 e. The lowest BCUT2D eigenvalue weighted by molar-refractivity contribution is 0.427. The number of nitrogens with one attached hydrogen (secondary N) is 1. The van der Waals surface area contributed by atoms with Crippen molar-refractivity contribution in [1.29, 1.82) is 0 Å². The summed E-state index contributed by atoms with van der Waals surface area (Å²) in [7, 11) is 0. The van der Waals surface area contributed by atoms with Gasteiger partial charge in [0.1, 0.15) is 5.82 Å². The first kappa shape index (κ1) is 18.0. The van der Waals surface area contributed by atoms with Gasteiger partial charge in [0.25, 0.3) is 0 Å². The number of aryl methyl sites for hydroxylation is 1. The van der Waals surface area contributed by atoms with Crippen LogP contribution in [0.3, 0.4) is 0 Å². The third-order valence-corrected chi connectivity index (χ3v) is 3.43. The molecule has 1 fully saturated rings. The maximum Gasteiger partial charge on any atom is 0.168 e. The minimum absolute atomic E-state index is 0. The summed E-state index contributed by atoms with van der Waals surface area (Å²) in [6, 6.07) is 3.75. The Bertz CT molecular complexity index is 585. The minimum Gasteiger partial charge on any atom is -0.356 e. The van der Waals surface area contributed by atoms with E-state index < -0.39 is 0 Å². The molecule has 0 amide bonds. The summed E-state index contributed by atoms with van der Waals surface area (Å²) in [6.45, 7) is 5.65. The SMILES string of the molecule is Cc1cc(-c2cnc(N3CCNCC3)c(Cl)c2)on1.Cl.Cl. The number of hydrogen-bond acceptors (Lipinski definition) is 5. The van der Waals surface area contributed by atoms with Crippen LogP contribution in [0.1, 0.15) is 5.69 Å². The second-order valence-electron chi connectivity index (χ2n) is 4.60. The summed E-state index contributed by atoms with van der Waals surface area (Å²) in [5.41, 5.74) is 1.70. The smallest absolute Gasteiger partial charge is 0.168 e. The molecule has 3 heterocycles. The molecule has 0 unspecified atom stereocenters. The fraction of sp³-hybridized carbons (Fsp3) is 0.385. The van der Waals surface area contributed by atoms with Crippen LogP contribution in [0.4, 0.5) is 5.82 Å². The van der Waals surface area contributed by atoms with Crippen molar-refractivity contribution in [3.63, 3.8) is 0 Å². The summed E-state index contributed by atoms with van der Waals surface area (Å²) in [5, 5.41) is 7.83. The number of piperazine rings is 1. The normalized spacial score (nSPS) is 14.3. The maximum atomic E-state index is 6.33. The Labute approximate surface area is 140 Å². The highest BCUT2D eigenvalue weighted by Crippen LogP contribution is 2.29. The van der Waals surface area contributed by atoms with Crippen LogP contribution in [0.2, 0.25) is 5.02 Å². The van der Waals surface area contributed by atoms with Crippen molar-refractivity contribution in [1.82, 2.24) is 15.5 Å². The zero-order valence-electron chi connectivity index (χ0n) is 11.5. The van der Waals surface area contributed by atoms with Gasteiger partial charge in [0, 0.05) is 44.0 Å². The van der Waals surface area contributed by atoms with E-state index >= 15 is 0 Å². The number of aromatic nitrogens is 2. The van der Waals surface area contributed by atoms with Crippen molar-refractivity contribution < 1.29 is 4.52 Å². The topological polar surface area (TPSA) is 54.2 Å². The molecule has 2 aromatic heterocycles. The molecule has 3 rings (SSSR count). The van der Waals surface area contributed by atoms with Crippen molar-refractivity contribution in [2.24, 2.45) is 0 Å². The number of nitrogens with zero attached hydrogens (tertiary/aromatic N) is 3. The van der Waals surface area contributed by atoms with Gasteiger partial charge in [-0.05, 0) is 13.0 Å². The summed E-state index contributed by atoms with van der Waals surface area (Å²) in [5.74, 6) is 1.53. The highest BCUT2D eigenvalue weighted by molar-refractivity contribution is 6.33. The lowest BCUT2D eigenvalue weighted by atomic mass is 10.2. The van der Waals surface area contributed by atoms with Gasteiger partial charge in [-0.3, -0.25) is 0 Å². The molecule has 1 aliphatic heterocycles. The summed E-state index contributed by atoms with van der Waals surface area (Å²) >= 11 is 6.33. The molecule has 21 heavy (non-hydrogen) atoms. The number of hydrogen-bond donors (Lipinski definition) is 1. The van der Waals surface area contributed by atoms with Crippen LogP contribution in [0.15, 0.2) is 22.9 Å². The minimum atomic E-state index is 0. The lowest BCUT2D eigenvalue weighted by Gasteiger charge is -2.29. The standard InChI is InChI=1S/C13H15ClN4O.2ClH/c1-9-6-12(19-17-9)10-7-11(14)13(16-8-10)18-4-2-15-3-5-18;;/h6-8,15H,2-5H2,1H3;2*1H. The lowest BCUT2D eigenvalue weighted by Crippen LogP contribution is -2.44. The van der Waals surface area contributed by atoms with Gasteiger partial charge in [0.15, 0.2) is 5.76 Å². The second kappa shape index (κ2) is 7.84. The van der Waals surface area contributed by atoms with Gasteiger partial charge >= 0.3 is 0 Å². The number of pyridine rings is 1. The van der Waals surface area contributed by atoms with Gasteiger partial charge in [-0.25, -0.2) is 4.98 Å². The first-order valence-corrected chi connectivity index (χ1v) is 6.67. The van der Waals surface area contributed by atoms with Crippen molar-refractivity contribution in [2.75, 3.05) is 31.1 Å². The molecule has 0 saturated carbocycles. The zero-order valence-corrected chi connectivity index (χ0v) is 13.9. The van der Waals surface area contributed by atoms with E-state index in [1.54, 1.807) is 6.20 Å². The highest BCUT2D eigenvalue weighted by Gasteiger charge is 2.16. The van der Waals surface area contributed by atoms with E-state index in [2.05, 4.69) is 20.4 Å². The zero-order chi connectivity index (χ0) is 13.2. The maximum absolute atomic E-state index is 6.33. The van der Waals surface area contributed by atoms with Crippen molar-refractivity contribution in [3.05, 3.63) is 29.0 Å². The average molecular weight is 352 g/mol. The van der Waals surface area contributed by atoms with Crippen LogP contribution in [0.5, 0.6) is 0 Å². The first-order chi connectivity index (χ1) is 9.24. The molecule has 0 aliphatic carbocycles. The number of halogens is 3. The quantitative estimate of drug-likeness (QED) is 0.901. The van der Waals surface area contributed by atoms with Gasteiger partial charge in [-0.15, -0.1) is 24.8 Å². The molecular weight excluding hydrogens is 335 g/mol. The summed E-state index contributed by atoms with van der Waals surface area (Å²) in [6.07, 6.45) is 1.78. The van der Waals surface area contributed by atoms with E-state index in [1.807, 2.05) is 19.1 Å². The molecule has 1 N–H and O–H groups in total. The number of rotatable bonds is 2. The average Bonchev–Trinajstić information content (AvgIpc) is 2.86. The van der Waals surface area contributed by atoms with E-state index in [1.165, 1.54) is 0 Å². The van der Waals surface area contributed by atoms with Crippen LogP contribution < -0.4 is 10.2 Å². The van der Waals surface area contributed by atoms with Crippen molar-refractivity contribution >= 4 is 42.2 Å². The molecule has 116 valence electrons. The van der Waals surface area contributed by atoms with Crippen LogP contribution >= 0.6 is 36.4 Å². The van der Waals surface area contributed by atoms with E-state index in [9.17, 15) is 0 Å². The third kappa shape index (κ3) is 4.01. The van der Waals surface area contributed by atoms with E-state index in [-0.39, 0.29) is 24.8 Å². The molecule has 0 radical (unpaired) electrons. The van der Waals surface area contributed by atoms with Gasteiger partial charge < -0.3 is 14.7 Å². The fourth-order valence-electron chi connectivity index (χ4n) is 2.17. The van der Waals surface area contributed by atoms with Crippen LogP contribution in [0.25, 0.3) is 11.3 Å². The predicted octanol–water partition coefficient (Wildman–Crippen LogP) is 2.95.